The highest BCUT2D eigenvalue weighted by Crippen LogP contribution is 2.27. The van der Waals surface area contributed by atoms with Gasteiger partial charge in [0.25, 0.3) is 0 Å². The Hall–Kier alpha value is -2.24. The van der Waals surface area contributed by atoms with Gasteiger partial charge in [-0.2, -0.15) is 0 Å². The van der Waals surface area contributed by atoms with Gasteiger partial charge in [-0.1, -0.05) is 18.2 Å². The van der Waals surface area contributed by atoms with Crippen molar-refractivity contribution >= 4 is 17.0 Å². The molecule has 3 heterocycles. The molecule has 4 nitrogen and oxygen atoms in total. The maximum atomic E-state index is 4.63. The lowest BCUT2D eigenvalue weighted by Gasteiger charge is -2.35. The van der Waals surface area contributed by atoms with E-state index in [0.29, 0.717) is 12.1 Å². The summed E-state index contributed by atoms with van der Waals surface area (Å²) in [4.78, 5) is 11.4. The van der Waals surface area contributed by atoms with Crippen molar-refractivity contribution in [3.63, 3.8) is 0 Å². The molecule has 0 radical (unpaired) electrons. The zero-order chi connectivity index (χ0) is 19.3. The Bertz CT molecular complexity index is 884. The number of nitrogens with one attached hydrogen (secondary N) is 1. The maximum Gasteiger partial charge on any atom is 0.0901 e. The summed E-state index contributed by atoms with van der Waals surface area (Å²) in [5.41, 5.74) is 4.91. The molecule has 0 saturated carbocycles. The lowest BCUT2D eigenvalue weighted by Crippen LogP contribution is -2.46. The van der Waals surface area contributed by atoms with Crippen molar-refractivity contribution in [1.82, 2.24) is 15.3 Å². The molecular formula is C23H28N4S. The lowest BCUT2D eigenvalue weighted by molar-refractivity contribution is 0.375. The van der Waals surface area contributed by atoms with Gasteiger partial charge in [-0.15, -0.1) is 11.3 Å². The summed E-state index contributed by atoms with van der Waals surface area (Å²) in [7, 11) is 0. The predicted molar refractivity (Wildman–Crippen MR) is 118 cm³/mol. The molecule has 0 spiro atoms. The van der Waals surface area contributed by atoms with Crippen LogP contribution in [0.15, 0.2) is 54.2 Å². The first-order chi connectivity index (χ1) is 13.7. The summed E-state index contributed by atoms with van der Waals surface area (Å²) in [5.74, 6) is 0. The average Bonchev–Trinajstić information content (AvgIpc) is 3.16. The van der Waals surface area contributed by atoms with E-state index in [2.05, 4.69) is 69.7 Å². The summed E-state index contributed by atoms with van der Waals surface area (Å²) in [6.07, 6.45) is 7.19. The number of aromatic nitrogens is 2. The molecule has 0 aliphatic carbocycles. The van der Waals surface area contributed by atoms with Gasteiger partial charge >= 0.3 is 0 Å². The lowest BCUT2D eigenvalue weighted by atomic mass is 10.0. The molecule has 2 aromatic heterocycles. The molecule has 1 N–H and O–H groups in total. The second kappa shape index (κ2) is 8.84. The van der Waals surface area contributed by atoms with Crippen LogP contribution in [0.4, 0.5) is 5.69 Å². The number of rotatable bonds is 6. The fraction of sp³-hybridized carbons (Fsp3) is 0.391. The van der Waals surface area contributed by atoms with E-state index in [0.717, 1.165) is 30.2 Å². The Kier molecular flexibility index (Phi) is 6.03. The van der Waals surface area contributed by atoms with Gasteiger partial charge < -0.3 is 10.2 Å². The van der Waals surface area contributed by atoms with Crippen LogP contribution < -0.4 is 10.2 Å². The smallest absolute Gasteiger partial charge is 0.0901 e. The Labute approximate surface area is 171 Å². The Morgan fingerprint density at radius 3 is 2.79 bits per heavy atom. The third-order valence-electron chi connectivity index (χ3n) is 5.41. The van der Waals surface area contributed by atoms with Crippen molar-refractivity contribution in [2.45, 2.75) is 45.2 Å². The van der Waals surface area contributed by atoms with Crippen molar-refractivity contribution < 1.29 is 0 Å². The second-order valence-electron chi connectivity index (χ2n) is 7.70. The van der Waals surface area contributed by atoms with Crippen LogP contribution in [0.3, 0.4) is 0 Å². The van der Waals surface area contributed by atoms with E-state index >= 15 is 0 Å². The molecule has 3 aromatic rings. The van der Waals surface area contributed by atoms with E-state index in [-0.39, 0.29) is 0 Å². The van der Waals surface area contributed by atoms with Crippen LogP contribution in [0.1, 0.15) is 30.3 Å². The molecule has 1 saturated heterocycles. The van der Waals surface area contributed by atoms with Gasteiger partial charge in [0, 0.05) is 54.2 Å². The van der Waals surface area contributed by atoms with Crippen LogP contribution in [-0.4, -0.2) is 35.1 Å². The SMILES string of the molecule is Cc1nc(-c2cccc(N3CCC(NC(C)Cc4cccnc4)CC3)c2)cs1. The third-order valence-corrected chi connectivity index (χ3v) is 6.18. The average molecular weight is 393 g/mol. The predicted octanol–water partition coefficient (Wildman–Crippen LogP) is 4.70. The minimum Gasteiger partial charge on any atom is -0.371 e. The van der Waals surface area contributed by atoms with Crippen LogP contribution in [0.25, 0.3) is 11.3 Å². The van der Waals surface area contributed by atoms with Gasteiger partial charge in [-0.25, -0.2) is 4.98 Å². The van der Waals surface area contributed by atoms with Crippen LogP contribution in [0, 0.1) is 6.92 Å². The van der Waals surface area contributed by atoms with Gasteiger partial charge in [0.05, 0.1) is 10.7 Å². The molecule has 0 amide bonds. The van der Waals surface area contributed by atoms with Crippen molar-refractivity contribution in [3.05, 3.63) is 64.7 Å². The van der Waals surface area contributed by atoms with E-state index in [9.17, 15) is 0 Å². The first kappa shape index (κ1) is 19.1. The minimum absolute atomic E-state index is 0.469. The van der Waals surface area contributed by atoms with E-state index in [4.69, 9.17) is 0 Å². The topological polar surface area (TPSA) is 41.1 Å². The summed E-state index contributed by atoms with van der Waals surface area (Å²) >= 11 is 1.71. The molecule has 1 atom stereocenters. The highest BCUT2D eigenvalue weighted by Gasteiger charge is 2.21. The first-order valence-electron chi connectivity index (χ1n) is 10.1. The maximum absolute atomic E-state index is 4.63. The number of aryl methyl sites for hydroxylation is 1. The second-order valence-corrected chi connectivity index (χ2v) is 8.76. The number of anilines is 1. The number of hydrogen-bond donors (Lipinski definition) is 1. The first-order valence-corrected chi connectivity index (χ1v) is 11.0. The van der Waals surface area contributed by atoms with Gasteiger partial charge in [0.1, 0.15) is 0 Å². The number of nitrogens with zero attached hydrogens (tertiary/aromatic N) is 3. The van der Waals surface area contributed by atoms with Crippen LogP contribution in [-0.2, 0) is 6.42 Å². The minimum atomic E-state index is 0.469. The van der Waals surface area contributed by atoms with Gasteiger partial charge in [0.2, 0.25) is 0 Å². The Balaban J connectivity index is 1.32. The van der Waals surface area contributed by atoms with E-state index < -0.39 is 0 Å². The van der Waals surface area contributed by atoms with Crippen molar-refractivity contribution in [2.75, 3.05) is 18.0 Å². The molecule has 1 aliphatic heterocycles. The zero-order valence-electron chi connectivity index (χ0n) is 16.6. The van der Waals surface area contributed by atoms with Crippen LogP contribution in [0.2, 0.25) is 0 Å². The van der Waals surface area contributed by atoms with E-state index in [1.165, 1.54) is 29.7 Å². The van der Waals surface area contributed by atoms with Gasteiger partial charge in [-0.3, -0.25) is 4.98 Å². The summed E-state index contributed by atoms with van der Waals surface area (Å²) < 4.78 is 0. The van der Waals surface area contributed by atoms with Crippen molar-refractivity contribution in [2.24, 2.45) is 0 Å². The monoisotopic (exact) mass is 392 g/mol. The Morgan fingerprint density at radius 1 is 1.21 bits per heavy atom. The number of piperidine rings is 1. The molecule has 5 heteroatoms. The molecule has 1 aliphatic rings. The summed E-state index contributed by atoms with van der Waals surface area (Å²) in [6.45, 7) is 6.53. The standard InChI is InChI=1S/C23H28N4S/c1-17(13-19-5-4-10-24-15-19)25-21-8-11-27(12-9-21)22-7-3-6-20(14-22)23-16-28-18(2)26-23/h3-7,10,14-17,21,25H,8-9,11-13H2,1-2H3. The van der Waals surface area contributed by atoms with Crippen LogP contribution in [0.5, 0.6) is 0 Å². The zero-order valence-corrected chi connectivity index (χ0v) is 17.5. The summed E-state index contributed by atoms with van der Waals surface area (Å²) in [6, 6.07) is 14.1. The molecule has 4 rings (SSSR count). The molecule has 28 heavy (non-hydrogen) atoms. The molecule has 1 aromatic carbocycles. The van der Waals surface area contributed by atoms with E-state index in [1.807, 2.05) is 18.5 Å². The quantitative estimate of drug-likeness (QED) is 0.660. The van der Waals surface area contributed by atoms with Crippen molar-refractivity contribution in [3.8, 4) is 11.3 Å². The van der Waals surface area contributed by atoms with Crippen molar-refractivity contribution in [1.29, 1.82) is 0 Å². The molecule has 1 unspecified atom stereocenters. The number of hydrogen-bond acceptors (Lipinski definition) is 5. The van der Waals surface area contributed by atoms with Crippen LogP contribution >= 0.6 is 11.3 Å². The van der Waals surface area contributed by atoms with Gasteiger partial charge in [-0.05, 0) is 56.9 Å². The molecule has 146 valence electrons. The molecule has 1 fully saturated rings. The fourth-order valence-corrected chi connectivity index (χ4v) is 4.62. The fourth-order valence-electron chi connectivity index (χ4n) is 4.00. The number of pyridine rings is 1. The number of benzene rings is 1. The van der Waals surface area contributed by atoms with E-state index in [1.54, 1.807) is 11.3 Å². The number of thiazole rings is 1. The summed E-state index contributed by atoms with van der Waals surface area (Å²) in [5, 5.41) is 7.08. The highest BCUT2D eigenvalue weighted by atomic mass is 32.1. The highest BCUT2D eigenvalue weighted by molar-refractivity contribution is 7.09. The molecule has 0 bridgehead atoms. The molecular weight excluding hydrogens is 364 g/mol. The Morgan fingerprint density at radius 2 is 2.07 bits per heavy atom. The third kappa shape index (κ3) is 4.78. The normalized spacial score (nSPS) is 16.3. The van der Waals surface area contributed by atoms with Gasteiger partial charge in [0.15, 0.2) is 0 Å². The largest absolute Gasteiger partial charge is 0.371 e.